The van der Waals surface area contributed by atoms with Gasteiger partial charge in [0.15, 0.2) is 0 Å². The molecule has 2 aliphatic rings. The number of nitrogens with one attached hydrogen (secondary N) is 1. The minimum atomic E-state index is 0.0368. The zero-order valence-electron chi connectivity index (χ0n) is 11.3. The number of fused-ring (bicyclic) bond motifs is 1. The number of benzene rings is 1. The average Bonchev–Trinajstić information content (AvgIpc) is 2.84. The Morgan fingerprint density at radius 2 is 2.26 bits per heavy atom. The molecule has 0 radical (unpaired) electrons. The van der Waals surface area contributed by atoms with Gasteiger partial charge in [-0.05, 0) is 24.1 Å². The first kappa shape index (κ1) is 13.2. The van der Waals surface area contributed by atoms with E-state index in [1.807, 2.05) is 18.2 Å². The van der Waals surface area contributed by atoms with E-state index in [1.165, 1.54) is 0 Å². The maximum Gasteiger partial charge on any atom is 0.0694 e. The topological polar surface area (TPSA) is 41.5 Å². The molecule has 2 fully saturated rings. The highest BCUT2D eigenvalue weighted by Crippen LogP contribution is 2.53. The van der Waals surface area contributed by atoms with Crippen molar-refractivity contribution in [3.63, 3.8) is 0 Å². The molecule has 1 heterocycles. The van der Waals surface area contributed by atoms with Crippen molar-refractivity contribution in [2.24, 2.45) is 11.3 Å². The summed E-state index contributed by atoms with van der Waals surface area (Å²) >= 11 is 6.24. The third kappa shape index (κ3) is 2.04. The van der Waals surface area contributed by atoms with Crippen LogP contribution in [0.25, 0.3) is 0 Å². The van der Waals surface area contributed by atoms with Crippen molar-refractivity contribution in [2.75, 3.05) is 11.9 Å². The number of halogens is 1. The van der Waals surface area contributed by atoms with Gasteiger partial charge in [-0.1, -0.05) is 31.5 Å². The Hall–Kier alpha value is -0.770. The molecule has 1 saturated carbocycles. The fourth-order valence-corrected chi connectivity index (χ4v) is 3.74. The Morgan fingerprint density at radius 3 is 3.00 bits per heavy atom. The molecular weight excluding hydrogens is 262 g/mol. The van der Waals surface area contributed by atoms with Gasteiger partial charge in [0.25, 0.3) is 0 Å². The van der Waals surface area contributed by atoms with E-state index in [0.717, 1.165) is 24.3 Å². The van der Waals surface area contributed by atoms with E-state index in [2.05, 4.69) is 19.2 Å². The summed E-state index contributed by atoms with van der Waals surface area (Å²) in [5.41, 5.74) is 1.92. The maximum atomic E-state index is 9.22. The van der Waals surface area contributed by atoms with Crippen LogP contribution in [-0.2, 0) is 11.3 Å². The smallest absolute Gasteiger partial charge is 0.0694 e. The van der Waals surface area contributed by atoms with E-state index < -0.39 is 0 Å². The molecule has 19 heavy (non-hydrogen) atoms. The van der Waals surface area contributed by atoms with Crippen LogP contribution in [0.2, 0.25) is 5.02 Å². The normalized spacial score (nSPS) is 31.7. The summed E-state index contributed by atoms with van der Waals surface area (Å²) in [7, 11) is 0. The van der Waals surface area contributed by atoms with Crippen molar-refractivity contribution < 1.29 is 9.84 Å². The third-order valence-corrected chi connectivity index (χ3v) is 4.95. The predicted octanol–water partition coefficient (Wildman–Crippen LogP) is 3.06. The molecule has 1 saturated heterocycles. The molecule has 104 valence electrons. The number of anilines is 1. The Bertz CT molecular complexity index is 489. The molecule has 1 aliphatic carbocycles. The number of aliphatic hydroxyl groups excluding tert-OH is 1. The van der Waals surface area contributed by atoms with Gasteiger partial charge in [-0.15, -0.1) is 0 Å². The molecule has 0 bridgehead atoms. The monoisotopic (exact) mass is 281 g/mol. The van der Waals surface area contributed by atoms with E-state index >= 15 is 0 Å². The van der Waals surface area contributed by atoms with Gasteiger partial charge in [-0.2, -0.15) is 0 Å². The second kappa shape index (κ2) is 4.65. The van der Waals surface area contributed by atoms with E-state index in [9.17, 15) is 5.11 Å². The lowest BCUT2D eigenvalue weighted by Crippen LogP contribution is -2.63. The van der Waals surface area contributed by atoms with Crippen LogP contribution in [0.5, 0.6) is 0 Å². The van der Waals surface area contributed by atoms with Crippen LogP contribution in [0.4, 0.5) is 5.69 Å². The average molecular weight is 282 g/mol. The summed E-state index contributed by atoms with van der Waals surface area (Å²) in [6.07, 6.45) is 1.48. The first-order valence-corrected chi connectivity index (χ1v) is 7.19. The van der Waals surface area contributed by atoms with Crippen molar-refractivity contribution >= 4 is 17.3 Å². The van der Waals surface area contributed by atoms with Gasteiger partial charge >= 0.3 is 0 Å². The van der Waals surface area contributed by atoms with Crippen LogP contribution in [0, 0.1) is 11.3 Å². The van der Waals surface area contributed by atoms with Gasteiger partial charge in [0.05, 0.1) is 23.4 Å². The lowest BCUT2D eigenvalue weighted by atomic mass is 9.57. The van der Waals surface area contributed by atoms with Crippen molar-refractivity contribution in [3.8, 4) is 0 Å². The first-order chi connectivity index (χ1) is 9.04. The predicted molar refractivity (Wildman–Crippen MR) is 76.4 cm³/mol. The molecule has 1 aliphatic heterocycles. The van der Waals surface area contributed by atoms with E-state index in [-0.39, 0.29) is 12.0 Å². The number of rotatable bonds is 3. The number of ether oxygens (including phenoxy) is 1. The number of hydrogen-bond acceptors (Lipinski definition) is 3. The van der Waals surface area contributed by atoms with Gasteiger partial charge in [0.1, 0.15) is 0 Å². The molecule has 0 amide bonds. The van der Waals surface area contributed by atoms with Crippen LogP contribution >= 0.6 is 11.6 Å². The van der Waals surface area contributed by atoms with Crippen LogP contribution in [0.15, 0.2) is 18.2 Å². The lowest BCUT2D eigenvalue weighted by Gasteiger charge is -2.55. The standard InChI is InChI=1S/C15H20ClNO2/c1-15(2)13(10-5-6-19-14(10)15)17-12-7-9(8-18)3-4-11(12)16/h3-4,7,10,13-14,17-18H,5-6,8H2,1-2H3. The zero-order valence-corrected chi connectivity index (χ0v) is 12.1. The SMILES string of the molecule is CC1(C)C(Nc2cc(CO)ccc2Cl)C2CCOC21. The molecule has 3 atom stereocenters. The van der Waals surface area contributed by atoms with Crippen LogP contribution < -0.4 is 5.32 Å². The summed E-state index contributed by atoms with van der Waals surface area (Å²) in [6.45, 7) is 5.37. The highest BCUT2D eigenvalue weighted by atomic mass is 35.5. The van der Waals surface area contributed by atoms with Gasteiger partial charge in [-0.3, -0.25) is 0 Å². The van der Waals surface area contributed by atoms with Gasteiger partial charge in [0.2, 0.25) is 0 Å². The van der Waals surface area contributed by atoms with Crippen LogP contribution in [-0.4, -0.2) is 23.9 Å². The molecule has 0 aromatic heterocycles. The molecule has 3 rings (SSSR count). The largest absolute Gasteiger partial charge is 0.392 e. The van der Waals surface area contributed by atoms with Gasteiger partial charge < -0.3 is 15.2 Å². The molecule has 4 heteroatoms. The Kier molecular flexibility index (Phi) is 3.24. The zero-order chi connectivity index (χ0) is 13.6. The van der Waals surface area contributed by atoms with E-state index in [1.54, 1.807) is 0 Å². The summed E-state index contributed by atoms with van der Waals surface area (Å²) in [4.78, 5) is 0. The summed E-state index contributed by atoms with van der Waals surface area (Å²) in [5.74, 6) is 0.573. The fraction of sp³-hybridized carbons (Fsp3) is 0.600. The quantitative estimate of drug-likeness (QED) is 0.895. The molecule has 1 aromatic carbocycles. The first-order valence-electron chi connectivity index (χ1n) is 6.81. The Labute approximate surface area is 118 Å². The molecular formula is C15H20ClNO2. The molecule has 2 N–H and O–H groups in total. The van der Waals surface area contributed by atoms with Crippen molar-refractivity contribution in [3.05, 3.63) is 28.8 Å². The second-order valence-corrected chi connectivity index (χ2v) is 6.57. The van der Waals surface area contributed by atoms with Crippen LogP contribution in [0.1, 0.15) is 25.8 Å². The number of aliphatic hydroxyl groups is 1. The highest BCUT2D eigenvalue weighted by Gasteiger charge is 2.59. The summed E-state index contributed by atoms with van der Waals surface area (Å²) in [5, 5.41) is 13.5. The van der Waals surface area contributed by atoms with Crippen molar-refractivity contribution in [1.82, 2.24) is 0 Å². The lowest BCUT2D eigenvalue weighted by molar-refractivity contribution is -0.0923. The maximum absolute atomic E-state index is 9.22. The minimum absolute atomic E-state index is 0.0368. The van der Waals surface area contributed by atoms with Crippen LogP contribution in [0.3, 0.4) is 0 Å². The summed E-state index contributed by atoms with van der Waals surface area (Å²) < 4.78 is 5.80. The Balaban J connectivity index is 1.82. The van der Waals surface area contributed by atoms with Gasteiger partial charge in [0, 0.05) is 24.0 Å². The molecule has 0 spiro atoms. The van der Waals surface area contributed by atoms with E-state index in [4.69, 9.17) is 16.3 Å². The minimum Gasteiger partial charge on any atom is -0.392 e. The highest BCUT2D eigenvalue weighted by molar-refractivity contribution is 6.33. The molecule has 3 unspecified atom stereocenters. The molecule has 1 aromatic rings. The summed E-state index contributed by atoms with van der Waals surface area (Å²) in [6, 6.07) is 6.00. The van der Waals surface area contributed by atoms with Crippen molar-refractivity contribution in [2.45, 2.75) is 39.0 Å². The van der Waals surface area contributed by atoms with E-state index in [0.29, 0.717) is 23.1 Å². The second-order valence-electron chi connectivity index (χ2n) is 6.16. The van der Waals surface area contributed by atoms with Crippen molar-refractivity contribution in [1.29, 1.82) is 0 Å². The third-order valence-electron chi connectivity index (χ3n) is 4.62. The molecule has 3 nitrogen and oxygen atoms in total. The number of hydrogen-bond donors (Lipinski definition) is 2. The Morgan fingerprint density at radius 1 is 1.47 bits per heavy atom. The van der Waals surface area contributed by atoms with Gasteiger partial charge in [-0.25, -0.2) is 0 Å². The fourth-order valence-electron chi connectivity index (χ4n) is 3.57.